The topological polar surface area (TPSA) is 31.0 Å². The highest BCUT2D eigenvalue weighted by molar-refractivity contribution is 5.54. The van der Waals surface area contributed by atoms with Crippen LogP contribution in [0.5, 0.6) is 0 Å². The summed E-state index contributed by atoms with van der Waals surface area (Å²) in [4.78, 5) is 7.47. The van der Waals surface area contributed by atoms with Gasteiger partial charge >= 0.3 is 0 Å². The minimum atomic E-state index is 0.222. The first-order valence-electron chi connectivity index (χ1n) is 10.2. The van der Waals surface area contributed by atoms with Crippen LogP contribution >= 0.6 is 0 Å². The minimum Gasteiger partial charge on any atom is -0.381 e. The standard InChI is InChI=1S/C21H36N4O/c1-4-24-11-13-25(14-12-24)20-8-6-5-7-19(20)17-22-18-21(23(2)3)9-15-26-16-10-21/h5-8,22H,4,9-18H2,1-3H3. The van der Waals surface area contributed by atoms with E-state index in [4.69, 9.17) is 4.74 Å². The van der Waals surface area contributed by atoms with Gasteiger partial charge in [-0.3, -0.25) is 0 Å². The van der Waals surface area contributed by atoms with E-state index < -0.39 is 0 Å². The summed E-state index contributed by atoms with van der Waals surface area (Å²) >= 11 is 0. The lowest BCUT2D eigenvalue weighted by Crippen LogP contribution is -2.54. The van der Waals surface area contributed by atoms with Crippen molar-refractivity contribution < 1.29 is 4.74 Å². The molecule has 0 spiro atoms. The van der Waals surface area contributed by atoms with E-state index in [2.05, 4.69) is 65.3 Å². The molecule has 0 aromatic heterocycles. The molecule has 0 atom stereocenters. The first-order valence-corrected chi connectivity index (χ1v) is 10.2. The molecule has 1 aromatic carbocycles. The number of ether oxygens (including phenoxy) is 1. The van der Waals surface area contributed by atoms with Gasteiger partial charge in [-0.25, -0.2) is 0 Å². The molecule has 2 heterocycles. The monoisotopic (exact) mass is 360 g/mol. The van der Waals surface area contributed by atoms with Gasteiger partial charge in [-0.05, 0) is 45.1 Å². The van der Waals surface area contributed by atoms with Crippen molar-refractivity contribution >= 4 is 5.69 Å². The molecule has 1 N–H and O–H groups in total. The molecule has 0 amide bonds. The van der Waals surface area contributed by atoms with Gasteiger partial charge < -0.3 is 24.8 Å². The largest absolute Gasteiger partial charge is 0.381 e. The Labute approximate surface area is 159 Å². The second-order valence-electron chi connectivity index (χ2n) is 7.88. The van der Waals surface area contributed by atoms with E-state index in [-0.39, 0.29) is 5.54 Å². The summed E-state index contributed by atoms with van der Waals surface area (Å²) in [5.41, 5.74) is 3.04. The third-order valence-corrected chi connectivity index (χ3v) is 6.29. The molecule has 0 aliphatic carbocycles. The average Bonchev–Trinajstić information content (AvgIpc) is 2.69. The van der Waals surface area contributed by atoms with Crippen molar-refractivity contribution in [3.63, 3.8) is 0 Å². The molecular formula is C21H36N4O. The lowest BCUT2D eigenvalue weighted by molar-refractivity contribution is -0.00715. The van der Waals surface area contributed by atoms with Crippen molar-refractivity contribution in [1.29, 1.82) is 0 Å². The van der Waals surface area contributed by atoms with E-state index in [9.17, 15) is 0 Å². The van der Waals surface area contributed by atoms with Crippen molar-refractivity contribution in [3.8, 4) is 0 Å². The molecule has 2 saturated heterocycles. The van der Waals surface area contributed by atoms with Crippen LogP contribution in [0.2, 0.25) is 0 Å². The van der Waals surface area contributed by atoms with Crippen LogP contribution in [0.25, 0.3) is 0 Å². The van der Waals surface area contributed by atoms with E-state index in [1.54, 1.807) is 0 Å². The highest BCUT2D eigenvalue weighted by Crippen LogP contribution is 2.26. The minimum absolute atomic E-state index is 0.222. The molecule has 1 aromatic rings. The normalized spacial score (nSPS) is 21.3. The van der Waals surface area contributed by atoms with E-state index in [1.165, 1.54) is 24.3 Å². The molecule has 5 heteroatoms. The number of nitrogens with zero attached hydrogens (tertiary/aromatic N) is 3. The molecule has 0 saturated carbocycles. The van der Waals surface area contributed by atoms with E-state index in [0.717, 1.165) is 58.8 Å². The smallest absolute Gasteiger partial charge is 0.0484 e. The van der Waals surface area contributed by atoms with Gasteiger partial charge in [-0.1, -0.05) is 25.1 Å². The Morgan fingerprint density at radius 1 is 1.08 bits per heavy atom. The number of nitrogens with one attached hydrogen (secondary N) is 1. The average molecular weight is 361 g/mol. The summed E-state index contributed by atoms with van der Waals surface area (Å²) in [5.74, 6) is 0. The van der Waals surface area contributed by atoms with Crippen molar-refractivity contribution in [2.45, 2.75) is 31.8 Å². The third kappa shape index (κ3) is 4.58. The molecule has 2 aliphatic heterocycles. The zero-order valence-corrected chi connectivity index (χ0v) is 16.8. The summed E-state index contributed by atoms with van der Waals surface area (Å²) < 4.78 is 5.59. The first-order chi connectivity index (χ1) is 12.6. The van der Waals surface area contributed by atoms with Crippen LogP contribution in [-0.2, 0) is 11.3 Å². The number of anilines is 1. The van der Waals surface area contributed by atoms with Gasteiger partial charge in [0.15, 0.2) is 0 Å². The summed E-state index contributed by atoms with van der Waals surface area (Å²) in [6.07, 6.45) is 2.21. The lowest BCUT2D eigenvalue weighted by Gasteiger charge is -2.43. The molecule has 0 bridgehead atoms. The lowest BCUT2D eigenvalue weighted by atomic mass is 9.88. The van der Waals surface area contributed by atoms with E-state index in [1.807, 2.05) is 0 Å². The summed E-state index contributed by atoms with van der Waals surface area (Å²) in [6, 6.07) is 8.90. The highest BCUT2D eigenvalue weighted by atomic mass is 16.5. The SMILES string of the molecule is CCN1CCN(c2ccccc2CNCC2(N(C)C)CCOCC2)CC1. The quantitative estimate of drug-likeness (QED) is 0.804. The van der Waals surface area contributed by atoms with Crippen molar-refractivity contribution in [3.05, 3.63) is 29.8 Å². The fourth-order valence-corrected chi connectivity index (χ4v) is 4.24. The van der Waals surface area contributed by atoms with Gasteiger partial charge in [-0.2, -0.15) is 0 Å². The van der Waals surface area contributed by atoms with Crippen LogP contribution in [-0.4, -0.2) is 81.9 Å². The molecule has 0 radical (unpaired) electrons. The van der Waals surface area contributed by atoms with Gasteiger partial charge in [0.1, 0.15) is 0 Å². The van der Waals surface area contributed by atoms with Gasteiger partial charge in [0.05, 0.1) is 0 Å². The molecule has 2 fully saturated rings. The van der Waals surface area contributed by atoms with Crippen molar-refractivity contribution in [2.24, 2.45) is 0 Å². The number of para-hydroxylation sites is 1. The summed E-state index contributed by atoms with van der Waals surface area (Å²) in [7, 11) is 4.41. The van der Waals surface area contributed by atoms with E-state index >= 15 is 0 Å². The van der Waals surface area contributed by atoms with Gasteiger partial charge in [0, 0.05) is 63.7 Å². The Balaban J connectivity index is 1.60. The summed E-state index contributed by atoms with van der Waals surface area (Å²) in [6.45, 7) is 11.7. The predicted octanol–water partition coefficient (Wildman–Crippen LogP) is 2.03. The molecule has 3 rings (SSSR count). The molecule has 0 unspecified atom stereocenters. The maximum atomic E-state index is 5.59. The maximum absolute atomic E-state index is 5.59. The fourth-order valence-electron chi connectivity index (χ4n) is 4.24. The number of benzene rings is 1. The number of hydrogen-bond acceptors (Lipinski definition) is 5. The highest BCUT2D eigenvalue weighted by Gasteiger charge is 2.34. The Bertz CT molecular complexity index is 549. The first kappa shape index (κ1) is 19.6. The predicted molar refractivity (Wildman–Crippen MR) is 109 cm³/mol. The molecule has 5 nitrogen and oxygen atoms in total. The molecule has 2 aliphatic rings. The van der Waals surface area contributed by atoms with Crippen molar-refractivity contribution in [1.82, 2.24) is 15.1 Å². The number of likely N-dealkylation sites (N-methyl/N-ethyl adjacent to an activating group) is 2. The Hall–Kier alpha value is -1.14. The second-order valence-corrected chi connectivity index (χ2v) is 7.88. The van der Waals surface area contributed by atoms with Crippen LogP contribution in [0.1, 0.15) is 25.3 Å². The van der Waals surface area contributed by atoms with Crippen LogP contribution in [0.3, 0.4) is 0 Å². The van der Waals surface area contributed by atoms with Crippen LogP contribution in [0, 0.1) is 0 Å². The molecular weight excluding hydrogens is 324 g/mol. The second kappa shape index (κ2) is 9.18. The van der Waals surface area contributed by atoms with Gasteiger partial charge in [0.25, 0.3) is 0 Å². The van der Waals surface area contributed by atoms with Crippen LogP contribution in [0.15, 0.2) is 24.3 Å². The number of hydrogen-bond donors (Lipinski definition) is 1. The Kier molecular flexibility index (Phi) is 6.92. The molecule has 26 heavy (non-hydrogen) atoms. The van der Waals surface area contributed by atoms with Crippen molar-refractivity contribution in [2.75, 3.05) is 71.5 Å². The number of piperazine rings is 1. The zero-order chi connectivity index (χ0) is 18.4. The van der Waals surface area contributed by atoms with Crippen LogP contribution < -0.4 is 10.2 Å². The third-order valence-electron chi connectivity index (χ3n) is 6.29. The Morgan fingerprint density at radius 2 is 1.77 bits per heavy atom. The maximum Gasteiger partial charge on any atom is 0.0484 e. The summed E-state index contributed by atoms with van der Waals surface area (Å²) in [5, 5.41) is 3.76. The number of rotatable bonds is 7. The van der Waals surface area contributed by atoms with E-state index in [0.29, 0.717) is 0 Å². The Morgan fingerprint density at radius 3 is 2.42 bits per heavy atom. The van der Waals surface area contributed by atoms with Crippen LogP contribution in [0.4, 0.5) is 5.69 Å². The zero-order valence-electron chi connectivity index (χ0n) is 16.8. The molecule has 146 valence electrons. The van der Waals surface area contributed by atoms with Gasteiger partial charge in [-0.15, -0.1) is 0 Å². The fraction of sp³-hybridized carbons (Fsp3) is 0.714. The van der Waals surface area contributed by atoms with Gasteiger partial charge in [0.2, 0.25) is 0 Å².